The number of nitrogens with zero attached hydrogens (tertiary/aromatic N) is 3. The van der Waals surface area contributed by atoms with Gasteiger partial charge in [-0.15, -0.1) is 0 Å². The first-order valence-corrected chi connectivity index (χ1v) is 7.80. The summed E-state index contributed by atoms with van der Waals surface area (Å²) >= 11 is 5.74. The Morgan fingerprint density at radius 2 is 2.12 bits per heavy atom. The number of nitrogens with one attached hydrogen (secondary N) is 3. The predicted octanol–water partition coefficient (Wildman–Crippen LogP) is 0.115. The van der Waals surface area contributed by atoms with Crippen LogP contribution >= 0.6 is 11.6 Å². The summed E-state index contributed by atoms with van der Waals surface area (Å²) in [4.78, 5) is 43.7. The number of hydrogen-bond acceptors (Lipinski definition) is 7. The van der Waals surface area contributed by atoms with Gasteiger partial charge in [-0.2, -0.15) is 10.6 Å². The highest BCUT2D eigenvalue weighted by Crippen LogP contribution is 2.09. The van der Waals surface area contributed by atoms with Crippen molar-refractivity contribution in [3.63, 3.8) is 0 Å². The maximum absolute atomic E-state index is 11.9. The van der Waals surface area contributed by atoms with Crippen molar-refractivity contribution >= 4 is 29.3 Å². The Morgan fingerprint density at radius 3 is 2.81 bits per heavy atom. The zero-order valence-corrected chi connectivity index (χ0v) is 14.4. The van der Waals surface area contributed by atoms with Crippen molar-refractivity contribution in [1.82, 2.24) is 25.6 Å². The van der Waals surface area contributed by atoms with Crippen molar-refractivity contribution in [2.45, 2.75) is 13.5 Å². The third-order valence-corrected chi connectivity index (χ3v) is 3.18. The van der Waals surface area contributed by atoms with Crippen molar-refractivity contribution in [1.29, 1.82) is 5.41 Å². The Morgan fingerprint density at radius 1 is 1.35 bits per heavy atom. The second-order valence-corrected chi connectivity index (χ2v) is 5.36. The van der Waals surface area contributed by atoms with E-state index in [4.69, 9.17) is 21.8 Å². The molecule has 0 atom stereocenters. The Kier molecular flexibility index (Phi) is 6.39. The molecule has 2 aromatic heterocycles. The van der Waals surface area contributed by atoms with E-state index in [2.05, 4.69) is 20.9 Å². The third kappa shape index (κ3) is 5.11. The second kappa shape index (κ2) is 8.72. The monoisotopic (exact) mass is 378 g/mol. The molecule has 0 spiro atoms. The summed E-state index contributed by atoms with van der Waals surface area (Å²) in [7, 11) is 0. The van der Waals surface area contributed by atoms with Crippen molar-refractivity contribution in [3.8, 4) is 0 Å². The minimum Gasteiger partial charge on any atom is -0.355 e. The zero-order chi connectivity index (χ0) is 19.1. The fourth-order valence-electron chi connectivity index (χ4n) is 1.82. The quantitative estimate of drug-likeness (QED) is 0.381. The number of hydroxylamine groups is 1. The highest BCUT2D eigenvalue weighted by molar-refractivity contribution is 6.30. The minimum absolute atomic E-state index is 0.00548. The number of rotatable bonds is 5. The molecule has 0 unspecified atom stereocenters. The first-order valence-electron chi connectivity index (χ1n) is 7.42. The molecule has 0 saturated heterocycles. The molecule has 1 amide bonds. The van der Waals surface area contributed by atoms with Gasteiger partial charge in [0.25, 0.3) is 5.56 Å². The van der Waals surface area contributed by atoms with Gasteiger partial charge >= 0.3 is 5.97 Å². The summed E-state index contributed by atoms with van der Waals surface area (Å²) in [6, 6.07) is 3.77. The number of pyridine rings is 1. The van der Waals surface area contributed by atoms with Crippen LogP contribution in [0.2, 0.25) is 5.02 Å². The lowest BCUT2D eigenvalue weighted by atomic mass is 10.3. The van der Waals surface area contributed by atoms with Gasteiger partial charge in [0.05, 0.1) is 10.6 Å². The van der Waals surface area contributed by atoms with E-state index in [1.54, 1.807) is 6.92 Å². The second-order valence-electron chi connectivity index (χ2n) is 4.93. The minimum atomic E-state index is -0.805. The Bertz CT molecular complexity index is 898. The Labute approximate surface area is 152 Å². The lowest BCUT2D eigenvalue weighted by Crippen LogP contribution is -2.35. The maximum Gasteiger partial charge on any atom is 0.364 e. The Balaban J connectivity index is 2.04. The molecule has 0 aliphatic heterocycles. The van der Waals surface area contributed by atoms with E-state index >= 15 is 0 Å². The normalized spacial score (nSPS) is 10.1. The highest BCUT2D eigenvalue weighted by Gasteiger charge is 2.13. The smallest absolute Gasteiger partial charge is 0.355 e. The summed E-state index contributed by atoms with van der Waals surface area (Å²) in [6.45, 7) is 1.87. The molecule has 26 heavy (non-hydrogen) atoms. The summed E-state index contributed by atoms with van der Waals surface area (Å²) in [5, 5.41) is 14.5. The lowest BCUT2D eigenvalue weighted by Gasteiger charge is -2.09. The van der Waals surface area contributed by atoms with Gasteiger partial charge < -0.3 is 10.2 Å². The molecule has 136 valence electrons. The molecule has 0 aliphatic rings. The summed E-state index contributed by atoms with van der Waals surface area (Å²) < 4.78 is 0.902. The van der Waals surface area contributed by atoms with Crippen LogP contribution in [-0.4, -0.2) is 39.0 Å². The molecule has 0 fully saturated rings. The Hall–Kier alpha value is -3.27. The van der Waals surface area contributed by atoms with Gasteiger partial charge in [-0.05, 0) is 19.1 Å². The molecule has 11 heteroatoms. The van der Waals surface area contributed by atoms with Crippen LogP contribution in [0.1, 0.15) is 23.0 Å². The number of hydrogen-bond donors (Lipinski definition) is 3. The number of carbonyl (C=O) groups is 2. The van der Waals surface area contributed by atoms with Crippen LogP contribution < -0.4 is 16.4 Å². The molecule has 10 nitrogen and oxygen atoms in total. The van der Waals surface area contributed by atoms with Crippen molar-refractivity contribution < 1.29 is 14.4 Å². The average molecular weight is 379 g/mol. The number of halogens is 1. The van der Waals surface area contributed by atoms with Crippen LogP contribution in [0.3, 0.4) is 0 Å². The van der Waals surface area contributed by atoms with E-state index in [9.17, 15) is 14.4 Å². The molecule has 0 saturated carbocycles. The molecule has 2 heterocycles. The van der Waals surface area contributed by atoms with Crippen molar-refractivity contribution in [2.75, 3.05) is 6.54 Å². The van der Waals surface area contributed by atoms with E-state index in [1.807, 2.05) is 0 Å². The van der Waals surface area contributed by atoms with Crippen LogP contribution in [0.15, 0.2) is 35.4 Å². The fraction of sp³-hybridized carbons (Fsp3) is 0.200. The molecular formula is C15H15ClN6O4. The molecule has 0 aromatic carbocycles. The third-order valence-electron chi connectivity index (χ3n) is 2.98. The molecule has 0 bridgehead atoms. The number of amidine groups is 1. The van der Waals surface area contributed by atoms with Gasteiger partial charge in [0.2, 0.25) is 5.91 Å². The lowest BCUT2D eigenvalue weighted by molar-refractivity contribution is -0.121. The SMILES string of the molecule is CCNC(=O)Cn1nc(C(=N)NOC(=O)c2cncc(Cl)c2)ccc1=O. The van der Waals surface area contributed by atoms with Crippen LogP contribution in [0.25, 0.3) is 0 Å². The van der Waals surface area contributed by atoms with Gasteiger partial charge in [-0.1, -0.05) is 11.6 Å². The molecule has 0 radical (unpaired) electrons. The fourth-order valence-corrected chi connectivity index (χ4v) is 1.99. The maximum atomic E-state index is 11.9. The average Bonchev–Trinajstić information content (AvgIpc) is 2.61. The van der Waals surface area contributed by atoms with Gasteiger partial charge in [0, 0.05) is 25.0 Å². The molecular weight excluding hydrogens is 364 g/mol. The van der Waals surface area contributed by atoms with Crippen molar-refractivity contribution in [3.05, 3.63) is 57.2 Å². The first-order chi connectivity index (χ1) is 12.4. The van der Waals surface area contributed by atoms with Gasteiger partial charge in [0.15, 0.2) is 5.84 Å². The van der Waals surface area contributed by atoms with E-state index < -0.39 is 17.4 Å². The number of likely N-dealkylation sites (N-methyl/N-ethyl adjacent to an activating group) is 1. The zero-order valence-electron chi connectivity index (χ0n) is 13.7. The van der Waals surface area contributed by atoms with Crippen LogP contribution in [0.4, 0.5) is 0 Å². The van der Waals surface area contributed by atoms with E-state index in [-0.39, 0.29) is 28.7 Å². The van der Waals surface area contributed by atoms with E-state index in [0.717, 1.165) is 10.7 Å². The van der Waals surface area contributed by atoms with Crippen LogP contribution in [0, 0.1) is 5.41 Å². The number of amides is 1. The summed E-state index contributed by atoms with van der Waals surface area (Å²) in [5.41, 5.74) is 1.72. The largest absolute Gasteiger partial charge is 0.364 e. The van der Waals surface area contributed by atoms with Gasteiger partial charge in [-0.3, -0.25) is 20.0 Å². The highest BCUT2D eigenvalue weighted by atomic mass is 35.5. The molecule has 3 N–H and O–H groups in total. The molecule has 2 rings (SSSR count). The van der Waals surface area contributed by atoms with Gasteiger partial charge in [0.1, 0.15) is 12.2 Å². The predicted molar refractivity (Wildman–Crippen MR) is 91.8 cm³/mol. The van der Waals surface area contributed by atoms with Gasteiger partial charge in [-0.25, -0.2) is 9.48 Å². The first kappa shape index (κ1) is 19.1. The topological polar surface area (TPSA) is 139 Å². The standard InChI is InChI=1S/C15H15ClN6O4/c1-2-19-12(23)8-22-13(24)4-3-11(20-22)14(17)21-26-15(25)9-5-10(16)7-18-6-9/h3-7H,2,8H2,1H3,(H2,17,21)(H,19,23). The van der Waals surface area contributed by atoms with Crippen molar-refractivity contribution in [2.24, 2.45) is 0 Å². The number of carbonyl (C=O) groups excluding carboxylic acids is 2. The molecule has 2 aromatic rings. The number of aromatic nitrogens is 3. The van der Waals surface area contributed by atoms with Crippen LogP contribution in [-0.2, 0) is 16.2 Å². The van der Waals surface area contributed by atoms with E-state index in [1.165, 1.54) is 24.5 Å². The summed E-state index contributed by atoms with van der Waals surface area (Å²) in [5.74, 6) is -1.57. The van der Waals surface area contributed by atoms with E-state index in [0.29, 0.717) is 6.54 Å². The molecule has 0 aliphatic carbocycles. The van der Waals surface area contributed by atoms with Crippen LogP contribution in [0.5, 0.6) is 0 Å². The summed E-state index contributed by atoms with van der Waals surface area (Å²) in [6.07, 6.45) is 2.61.